The van der Waals surface area contributed by atoms with E-state index in [0.717, 1.165) is 12.1 Å². The SMILES string of the molecule is O=C(O)[C@@H]1CN(C(=O)CCCc2ccc(F)c(F)c2)CCO1. The summed E-state index contributed by atoms with van der Waals surface area (Å²) in [7, 11) is 0. The molecule has 0 aliphatic carbocycles. The van der Waals surface area contributed by atoms with Gasteiger partial charge in [0.25, 0.3) is 0 Å². The molecule has 1 atom stereocenters. The summed E-state index contributed by atoms with van der Waals surface area (Å²) < 4.78 is 30.9. The number of carbonyl (C=O) groups excluding carboxylic acids is 1. The largest absolute Gasteiger partial charge is 0.479 e. The number of carbonyl (C=O) groups is 2. The maximum atomic E-state index is 13.1. The van der Waals surface area contributed by atoms with Gasteiger partial charge in [-0.1, -0.05) is 6.07 Å². The number of hydrogen-bond donors (Lipinski definition) is 1. The Hall–Kier alpha value is -2.02. The average Bonchev–Trinajstić information content (AvgIpc) is 2.51. The van der Waals surface area contributed by atoms with E-state index in [1.807, 2.05) is 0 Å². The van der Waals surface area contributed by atoms with Gasteiger partial charge in [-0.3, -0.25) is 4.79 Å². The molecule has 1 aliphatic rings. The summed E-state index contributed by atoms with van der Waals surface area (Å²) in [6, 6.07) is 3.67. The summed E-state index contributed by atoms with van der Waals surface area (Å²) in [4.78, 5) is 24.3. The molecule has 1 N–H and O–H groups in total. The third-order valence-corrected chi connectivity index (χ3v) is 3.53. The van der Waals surface area contributed by atoms with E-state index in [4.69, 9.17) is 9.84 Å². The van der Waals surface area contributed by atoms with E-state index in [1.165, 1.54) is 11.0 Å². The molecule has 1 fully saturated rings. The summed E-state index contributed by atoms with van der Waals surface area (Å²) in [6.07, 6.45) is 0.184. The van der Waals surface area contributed by atoms with Crippen molar-refractivity contribution in [2.45, 2.75) is 25.4 Å². The molecule has 0 unspecified atom stereocenters. The number of benzene rings is 1. The van der Waals surface area contributed by atoms with Crippen molar-refractivity contribution in [1.29, 1.82) is 0 Å². The lowest BCUT2D eigenvalue weighted by molar-refractivity contribution is -0.159. The lowest BCUT2D eigenvalue weighted by Crippen LogP contribution is -2.48. The maximum Gasteiger partial charge on any atom is 0.334 e. The Balaban J connectivity index is 1.79. The number of ether oxygens (including phenoxy) is 1. The first-order chi connectivity index (χ1) is 10.5. The summed E-state index contributed by atoms with van der Waals surface area (Å²) in [5.41, 5.74) is 0.622. The summed E-state index contributed by atoms with van der Waals surface area (Å²) in [5, 5.41) is 8.88. The average molecular weight is 313 g/mol. The fourth-order valence-corrected chi connectivity index (χ4v) is 2.32. The number of aliphatic carboxylic acids is 1. The number of morpholine rings is 1. The summed E-state index contributed by atoms with van der Waals surface area (Å²) in [6.45, 7) is 0.610. The van der Waals surface area contributed by atoms with Crippen LogP contribution in [-0.2, 0) is 20.7 Å². The van der Waals surface area contributed by atoms with Gasteiger partial charge in [0.05, 0.1) is 13.2 Å². The first kappa shape index (κ1) is 16.4. The van der Waals surface area contributed by atoms with Crippen molar-refractivity contribution in [3.8, 4) is 0 Å². The van der Waals surface area contributed by atoms with Crippen LogP contribution in [0, 0.1) is 11.6 Å². The number of hydrogen-bond acceptors (Lipinski definition) is 3. The molecular weight excluding hydrogens is 296 g/mol. The van der Waals surface area contributed by atoms with E-state index in [0.29, 0.717) is 24.9 Å². The molecule has 5 nitrogen and oxygen atoms in total. The highest BCUT2D eigenvalue weighted by molar-refractivity contribution is 5.78. The fourth-order valence-electron chi connectivity index (χ4n) is 2.32. The van der Waals surface area contributed by atoms with E-state index in [9.17, 15) is 18.4 Å². The lowest BCUT2D eigenvalue weighted by Gasteiger charge is -2.30. The lowest BCUT2D eigenvalue weighted by atomic mass is 10.1. The first-order valence-corrected chi connectivity index (χ1v) is 7.03. The molecule has 120 valence electrons. The van der Waals surface area contributed by atoms with Crippen LogP contribution < -0.4 is 0 Å². The van der Waals surface area contributed by atoms with Gasteiger partial charge >= 0.3 is 5.97 Å². The minimum Gasteiger partial charge on any atom is -0.479 e. The van der Waals surface area contributed by atoms with Crippen molar-refractivity contribution < 1.29 is 28.2 Å². The van der Waals surface area contributed by atoms with Crippen LogP contribution in [-0.4, -0.2) is 47.7 Å². The van der Waals surface area contributed by atoms with E-state index in [2.05, 4.69) is 0 Å². The predicted molar refractivity (Wildman–Crippen MR) is 73.3 cm³/mol. The van der Waals surface area contributed by atoms with Crippen molar-refractivity contribution in [1.82, 2.24) is 4.90 Å². The van der Waals surface area contributed by atoms with Crippen LogP contribution in [0.25, 0.3) is 0 Å². The zero-order valence-electron chi connectivity index (χ0n) is 11.9. The molecule has 0 bridgehead atoms. The molecule has 0 spiro atoms. The van der Waals surface area contributed by atoms with E-state index in [1.54, 1.807) is 0 Å². The Kier molecular flexibility index (Phi) is 5.43. The molecular formula is C15H17F2NO4. The summed E-state index contributed by atoms with van der Waals surface area (Å²) in [5.74, 6) is -3.04. The number of halogens is 2. The van der Waals surface area contributed by atoms with Gasteiger partial charge in [-0.2, -0.15) is 0 Å². The maximum absolute atomic E-state index is 13.1. The third-order valence-electron chi connectivity index (χ3n) is 3.53. The van der Waals surface area contributed by atoms with E-state index in [-0.39, 0.29) is 25.5 Å². The van der Waals surface area contributed by atoms with Gasteiger partial charge in [0.1, 0.15) is 0 Å². The number of carboxylic acid groups (broad SMARTS) is 1. The van der Waals surface area contributed by atoms with Crippen LogP contribution in [0.5, 0.6) is 0 Å². The zero-order chi connectivity index (χ0) is 16.1. The number of carboxylic acids is 1. The normalized spacial score (nSPS) is 18.3. The van der Waals surface area contributed by atoms with Gasteiger partial charge in [0.15, 0.2) is 17.7 Å². The molecule has 1 heterocycles. The molecule has 7 heteroatoms. The highest BCUT2D eigenvalue weighted by Gasteiger charge is 2.28. The smallest absolute Gasteiger partial charge is 0.334 e. The van der Waals surface area contributed by atoms with Gasteiger partial charge in [-0.25, -0.2) is 13.6 Å². The predicted octanol–water partition coefficient (Wildman–Crippen LogP) is 1.60. The highest BCUT2D eigenvalue weighted by Crippen LogP contribution is 2.13. The van der Waals surface area contributed by atoms with Crippen molar-refractivity contribution in [3.05, 3.63) is 35.4 Å². The van der Waals surface area contributed by atoms with Crippen LogP contribution in [0.2, 0.25) is 0 Å². The van der Waals surface area contributed by atoms with Crippen LogP contribution >= 0.6 is 0 Å². The minimum atomic E-state index is -1.08. The third kappa shape index (κ3) is 4.24. The van der Waals surface area contributed by atoms with Gasteiger partial charge in [0, 0.05) is 13.0 Å². The van der Waals surface area contributed by atoms with Gasteiger partial charge < -0.3 is 14.7 Å². The quantitative estimate of drug-likeness (QED) is 0.896. The molecule has 22 heavy (non-hydrogen) atoms. The van der Waals surface area contributed by atoms with Crippen LogP contribution in [0.3, 0.4) is 0 Å². The zero-order valence-corrected chi connectivity index (χ0v) is 11.9. The van der Waals surface area contributed by atoms with Crippen molar-refractivity contribution in [2.75, 3.05) is 19.7 Å². The van der Waals surface area contributed by atoms with Crippen molar-refractivity contribution in [3.63, 3.8) is 0 Å². The Bertz CT molecular complexity index is 564. The number of amides is 1. The Labute approximate surface area is 126 Å². The standard InChI is InChI=1S/C15H17F2NO4/c16-11-5-4-10(8-12(11)17)2-1-3-14(19)18-6-7-22-13(9-18)15(20)21/h4-5,8,13H,1-3,6-7,9H2,(H,20,21)/t13-/m0/s1. The monoisotopic (exact) mass is 313 g/mol. The molecule has 0 saturated carbocycles. The van der Waals surface area contributed by atoms with Gasteiger partial charge in [-0.05, 0) is 30.5 Å². The van der Waals surface area contributed by atoms with E-state index >= 15 is 0 Å². The van der Waals surface area contributed by atoms with Crippen LogP contribution in [0.1, 0.15) is 18.4 Å². The molecule has 1 amide bonds. The topological polar surface area (TPSA) is 66.8 Å². The van der Waals surface area contributed by atoms with Crippen molar-refractivity contribution in [2.24, 2.45) is 0 Å². The number of aryl methyl sites for hydroxylation is 1. The Morgan fingerprint density at radius 1 is 1.32 bits per heavy atom. The molecule has 1 aromatic carbocycles. The Morgan fingerprint density at radius 3 is 2.77 bits per heavy atom. The summed E-state index contributed by atoms with van der Waals surface area (Å²) >= 11 is 0. The molecule has 1 aromatic rings. The first-order valence-electron chi connectivity index (χ1n) is 7.03. The second-order valence-electron chi connectivity index (χ2n) is 5.14. The van der Waals surface area contributed by atoms with Crippen molar-refractivity contribution >= 4 is 11.9 Å². The van der Waals surface area contributed by atoms with Crippen LogP contribution in [0.4, 0.5) is 8.78 Å². The molecule has 0 aromatic heterocycles. The minimum absolute atomic E-state index is 0.0410. The van der Waals surface area contributed by atoms with Gasteiger partial charge in [0.2, 0.25) is 5.91 Å². The Morgan fingerprint density at radius 2 is 2.09 bits per heavy atom. The second-order valence-corrected chi connectivity index (χ2v) is 5.14. The molecule has 1 aliphatic heterocycles. The highest BCUT2D eigenvalue weighted by atomic mass is 19.2. The molecule has 2 rings (SSSR count). The van der Waals surface area contributed by atoms with E-state index < -0.39 is 23.7 Å². The van der Waals surface area contributed by atoms with Crippen LogP contribution in [0.15, 0.2) is 18.2 Å². The second kappa shape index (κ2) is 7.31. The molecule has 0 radical (unpaired) electrons. The number of nitrogens with zero attached hydrogens (tertiary/aromatic N) is 1. The van der Waals surface area contributed by atoms with Gasteiger partial charge in [-0.15, -0.1) is 0 Å². The number of rotatable bonds is 5. The fraction of sp³-hybridized carbons (Fsp3) is 0.467. The molecule has 1 saturated heterocycles.